The third kappa shape index (κ3) is 9.24. The van der Waals surface area contributed by atoms with Crippen molar-refractivity contribution in [2.75, 3.05) is 19.8 Å². The number of hydrogen-bond donors (Lipinski definition) is 9. The first-order chi connectivity index (χ1) is 29.5. The van der Waals surface area contributed by atoms with Crippen LogP contribution in [0, 0.1) is 45.3 Å². The summed E-state index contributed by atoms with van der Waals surface area (Å²) in [6.07, 6.45) is -2.67. The van der Waals surface area contributed by atoms with Crippen LogP contribution in [0.2, 0.25) is 0 Å². The van der Waals surface area contributed by atoms with Gasteiger partial charge in [0.25, 0.3) is 0 Å². The van der Waals surface area contributed by atoms with Gasteiger partial charge in [-0.25, -0.2) is 0 Å². The highest BCUT2D eigenvalue weighted by Gasteiger charge is 2.67. The van der Waals surface area contributed by atoms with Crippen molar-refractivity contribution in [2.24, 2.45) is 45.3 Å². The maximum atomic E-state index is 11.5. The highest BCUT2D eigenvalue weighted by molar-refractivity contribution is 5.30. The van der Waals surface area contributed by atoms with E-state index in [-0.39, 0.29) is 60.2 Å². The Hall–Kier alpha value is -0.860. The van der Waals surface area contributed by atoms with Crippen molar-refractivity contribution in [3.05, 3.63) is 11.6 Å². The Morgan fingerprint density at radius 1 is 0.698 bits per heavy atom. The summed E-state index contributed by atoms with van der Waals surface area (Å²) in [5, 5.41) is 94.7. The van der Waals surface area contributed by atoms with Gasteiger partial charge in [0.2, 0.25) is 0 Å². The summed E-state index contributed by atoms with van der Waals surface area (Å²) in [5.41, 5.74) is 0.0843. The van der Waals surface area contributed by atoms with Crippen LogP contribution in [-0.4, -0.2) is 157 Å². The number of ether oxygens (including phenoxy) is 6. The molecule has 3 saturated heterocycles. The maximum absolute atomic E-state index is 11.5. The standard InChI is InChI=1S/C48H82O15/c1-25(9-13-37(45(4,5)57)62-43-40(34(54)21-28(24-51)60-43)63-42-39(56)33(53)20-27(23-50)59-42)29-15-16-48(8)35-12-10-30-31(46(35,6)17-18-47(29,48)7)11-14-36(44(30,2)3)61-41-38(55)32(52)19-26(22-49)58-41/h10,25-29,31-43,49-57H,9,11-24H2,1-8H3/t25-,26+,27?,28?,29?,31?,32+,33+,34+,35?,36+,37-,38-,39-,40?,41+,42+,43+,46+,47-,48+/m1/s1. The van der Waals surface area contributed by atoms with Crippen LogP contribution in [-0.2, 0) is 28.4 Å². The first-order valence-corrected chi connectivity index (χ1v) is 24.1. The molecule has 6 fully saturated rings. The van der Waals surface area contributed by atoms with Crippen LogP contribution in [0.15, 0.2) is 11.6 Å². The molecule has 6 unspecified atom stereocenters. The lowest BCUT2D eigenvalue weighted by Crippen LogP contribution is -2.60. The van der Waals surface area contributed by atoms with E-state index >= 15 is 0 Å². The molecule has 15 heteroatoms. The summed E-state index contributed by atoms with van der Waals surface area (Å²) >= 11 is 0. The molecule has 3 saturated carbocycles. The fourth-order valence-corrected chi connectivity index (χ4v) is 14.1. The van der Waals surface area contributed by atoms with E-state index in [4.69, 9.17) is 28.4 Å². The van der Waals surface area contributed by atoms with Crippen LogP contribution >= 0.6 is 0 Å². The first-order valence-electron chi connectivity index (χ1n) is 24.1. The predicted octanol–water partition coefficient (Wildman–Crippen LogP) is 3.06. The zero-order valence-electron chi connectivity index (χ0n) is 39.1. The molecule has 3 aliphatic heterocycles. The van der Waals surface area contributed by atoms with Gasteiger partial charge in [0.15, 0.2) is 18.9 Å². The minimum atomic E-state index is -1.44. The average Bonchev–Trinajstić information content (AvgIpc) is 3.51. The van der Waals surface area contributed by atoms with Crippen LogP contribution < -0.4 is 0 Å². The van der Waals surface area contributed by atoms with E-state index in [9.17, 15) is 46.0 Å². The molecule has 0 bridgehead atoms. The number of rotatable bonds is 14. The molecule has 7 rings (SSSR count). The van der Waals surface area contributed by atoms with Gasteiger partial charge in [-0.2, -0.15) is 0 Å². The van der Waals surface area contributed by atoms with Crippen LogP contribution in [0.5, 0.6) is 0 Å². The van der Waals surface area contributed by atoms with Crippen molar-refractivity contribution >= 4 is 0 Å². The summed E-state index contributed by atoms with van der Waals surface area (Å²) in [7, 11) is 0. The van der Waals surface area contributed by atoms with Crippen molar-refractivity contribution in [1.82, 2.24) is 0 Å². The lowest BCUT2D eigenvalue weighted by atomic mass is 9.39. The third-order valence-corrected chi connectivity index (χ3v) is 18.2. The van der Waals surface area contributed by atoms with Crippen LogP contribution in [0.4, 0.5) is 0 Å². The van der Waals surface area contributed by atoms with Gasteiger partial charge in [0.1, 0.15) is 18.3 Å². The van der Waals surface area contributed by atoms with Gasteiger partial charge < -0.3 is 74.4 Å². The van der Waals surface area contributed by atoms with Gasteiger partial charge in [-0.15, -0.1) is 0 Å². The quantitative estimate of drug-likeness (QED) is 0.114. The Labute approximate surface area is 374 Å². The predicted molar refractivity (Wildman–Crippen MR) is 229 cm³/mol. The summed E-state index contributed by atoms with van der Waals surface area (Å²) in [6.45, 7) is 16.8. The smallest absolute Gasteiger partial charge is 0.187 e. The lowest BCUT2D eigenvalue weighted by molar-refractivity contribution is -0.355. The molecule has 15 nitrogen and oxygen atoms in total. The SMILES string of the molecule is C[C@H](CC[C@@H](O[C@@H]1OC(CO)C[C@H](O)C1O[C@@H]1OC(CO)C[C@H](O)[C@H]1O)C(C)(C)O)C1CC[C@@]2(C)C3CC=C4C(CC[C@H](O[C@@H]5O[C@H](CO)C[C@H](O)[C@H]5O)C4(C)C)[C@]3(C)CC[C@]12C. The van der Waals surface area contributed by atoms with Gasteiger partial charge in [-0.3, -0.25) is 0 Å². The van der Waals surface area contributed by atoms with E-state index in [0.717, 1.165) is 51.4 Å². The molecule has 3 heterocycles. The van der Waals surface area contributed by atoms with Gasteiger partial charge in [-0.05, 0) is 112 Å². The fraction of sp³-hybridized carbons (Fsp3) is 0.958. The second kappa shape index (κ2) is 18.9. The van der Waals surface area contributed by atoms with E-state index in [1.54, 1.807) is 13.8 Å². The van der Waals surface area contributed by atoms with E-state index in [2.05, 4.69) is 47.6 Å². The Morgan fingerprint density at radius 2 is 1.25 bits per heavy atom. The minimum absolute atomic E-state index is 0.0183. The van der Waals surface area contributed by atoms with Gasteiger partial charge >= 0.3 is 0 Å². The molecule has 7 aliphatic rings. The van der Waals surface area contributed by atoms with E-state index in [1.807, 2.05) is 0 Å². The monoisotopic (exact) mass is 899 g/mol. The second-order valence-corrected chi connectivity index (χ2v) is 22.7. The molecule has 364 valence electrons. The van der Waals surface area contributed by atoms with Crippen molar-refractivity contribution < 1.29 is 74.4 Å². The molecule has 0 aromatic rings. The number of hydrogen-bond acceptors (Lipinski definition) is 15. The van der Waals surface area contributed by atoms with Gasteiger partial charge in [0.05, 0.1) is 74.3 Å². The van der Waals surface area contributed by atoms with Crippen molar-refractivity contribution in [1.29, 1.82) is 0 Å². The first kappa shape index (κ1) is 50.0. The number of aliphatic hydroxyl groups excluding tert-OH is 8. The van der Waals surface area contributed by atoms with Crippen molar-refractivity contribution in [2.45, 2.75) is 224 Å². The minimum Gasteiger partial charge on any atom is -0.394 e. The van der Waals surface area contributed by atoms with Crippen LogP contribution in [0.3, 0.4) is 0 Å². The van der Waals surface area contributed by atoms with Crippen LogP contribution in [0.25, 0.3) is 0 Å². The normalized spacial score (nSPS) is 48.7. The molecule has 0 aromatic carbocycles. The maximum Gasteiger partial charge on any atom is 0.187 e. The highest BCUT2D eigenvalue weighted by atomic mass is 16.8. The lowest BCUT2D eigenvalue weighted by Gasteiger charge is -2.66. The Bertz CT molecular complexity index is 1570. The van der Waals surface area contributed by atoms with Crippen LogP contribution in [0.1, 0.15) is 132 Å². The Balaban J connectivity index is 1.03. The summed E-state index contributed by atoms with van der Waals surface area (Å²) < 4.78 is 36.9. The molecule has 0 radical (unpaired) electrons. The molecular formula is C48H82O15. The Kier molecular flexibility index (Phi) is 15.0. The zero-order chi connectivity index (χ0) is 46.0. The molecule has 4 aliphatic carbocycles. The molecule has 9 N–H and O–H groups in total. The summed E-state index contributed by atoms with van der Waals surface area (Å²) in [6, 6.07) is 0. The number of allylic oxidation sites excluding steroid dienone is 1. The van der Waals surface area contributed by atoms with E-state index in [1.165, 1.54) is 5.57 Å². The zero-order valence-corrected chi connectivity index (χ0v) is 39.1. The molecule has 0 aromatic heterocycles. The van der Waals surface area contributed by atoms with Gasteiger partial charge in [-0.1, -0.05) is 53.2 Å². The molecule has 21 atom stereocenters. The molecule has 0 spiro atoms. The number of aliphatic hydroxyl groups is 9. The van der Waals surface area contributed by atoms with Crippen molar-refractivity contribution in [3.63, 3.8) is 0 Å². The molecular weight excluding hydrogens is 817 g/mol. The Morgan fingerprint density at radius 3 is 1.83 bits per heavy atom. The van der Waals surface area contributed by atoms with E-state index < -0.39 is 92.1 Å². The largest absolute Gasteiger partial charge is 0.394 e. The summed E-state index contributed by atoms with van der Waals surface area (Å²) in [5.74, 6) is 1.63. The highest BCUT2D eigenvalue weighted by Crippen LogP contribution is 2.75. The molecule has 63 heavy (non-hydrogen) atoms. The fourth-order valence-electron chi connectivity index (χ4n) is 14.1. The topological polar surface area (TPSA) is 237 Å². The third-order valence-electron chi connectivity index (χ3n) is 18.2. The van der Waals surface area contributed by atoms with E-state index in [0.29, 0.717) is 30.1 Å². The second-order valence-electron chi connectivity index (χ2n) is 22.7. The van der Waals surface area contributed by atoms with Gasteiger partial charge in [0, 0.05) is 24.7 Å². The average molecular weight is 899 g/mol. The molecule has 0 amide bonds. The number of fused-ring (bicyclic) bond motifs is 5. The summed E-state index contributed by atoms with van der Waals surface area (Å²) in [4.78, 5) is 0. The van der Waals surface area contributed by atoms with Crippen molar-refractivity contribution in [3.8, 4) is 0 Å².